The van der Waals surface area contributed by atoms with Crippen LogP contribution >= 0.6 is 11.3 Å². The molecule has 0 aliphatic rings. The van der Waals surface area contributed by atoms with Crippen molar-refractivity contribution in [3.8, 4) is 11.4 Å². The van der Waals surface area contributed by atoms with E-state index in [1.807, 2.05) is 24.3 Å². The van der Waals surface area contributed by atoms with Gasteiger partial charge in [-0.05, 0) is 11.3 Å². The molecule has 0 atom stereocenters. The fourth-order valence-electron chi connectivity index (χ4n) is 1.89. The second-order valence-electron chi connectivity index (χ2n) is 3.77. The van der Waals surface area contributed by atoms with E-state index in [0.29, 0.717) is 5.82 Å². The zero-order valence-electron chi connectivity index (χ0n) is 9.25. The Morgan fingerprint density at radius 3 is 2.94 bits per heavy atom. The third-order valence-electron chi connectivity index (χ3n) is 2.57. The monoisotopic (exact) mass is 259 g/mol. The van der Waals surface area contributed by atoms with Crippen LogP contribution < -0.4 is 5.73 Å². The number of benzene rings is 1. The Balaban J connectivity index is 2.27. The van der Waals surface area contributed by atoms with Crippen LogP contribution in [0.2, 0.25) is 0 Å². The fourth-order valence-corrected chi connectivity index (χ4v) is 3.10. The molecule has 90 valence electrons. The van der Waals surface area contributed by atoms with Gasteiger partial charge in [0.25, 0.3) is 0 Å². The summed E-state index contributed by atoms with van der Waals surface area (Å²) in [5.41, 5.74) is 6.11. The van der Waals surface area contributed by atoms with Gasteiger partial charge in [-0.1, -0.05) is 18.2 Å². The molecule has 0 fully saturated rings. The van der Waals surface area contributed by atoms with Crippen LogP contribution in [-0.4, -0.2) is 26.5 Å². The molecular formula is C11H9N5OS. The van der Waals surface area contributed by atoms with Gasteiger partial charge in [-0.25, -0.2) is 0 Å². The number of aromatic amines is 1. The van der Waals surface area contributed by atoms with Crippen LogP contribution in [0.3, 0.4) is 0 Å². The third-order valence-corrected chi connectivity index (χ3v) is 3.74. The van der Waals surface area contributed by atoms with Crippen molar-refractivity contribution in [2.24, 2.45) is 5.73 Å². The van der Waals surface area contributed by atoms with Crippen LogP contribution in [0, 0.1) is 0 Å². The Kier molecular flexibility index (Phi) is 2.52. The van der Waals surface area contributed by atoms with Crippen LogP contribution in [0.1, 0.15) is 4.88 Å². The Labute approximate surface area is 106 Å². The Morgan fingerprint density at radius 2 is 2.22 bits per heavy atom. The van der Waals surface area contributed by atoms with E-state index >= 15 is 0 Å². The van der Waals surface area contributed by atoms with E-state index in [9.17, 15) is 4.79 Å². The largest absolute Gasteiger partial charge is 0.369 e. The minimum absolute atomic E-state index is 0.184. The Hall–Kier alpha value is -2.28. The van der Waals surface area contributed by atoms with Crippen molar-refractivity contribution >= 4 is 27.3 Å². The highest BCUT2D eigenvalue weighted by atomic mass is 32.1. The molecule has 0 bridgehead atoms. The second kappa shape index (κ2) is 4.19. The molecule has 0 aliphatic carbocycles. The maximum atomic E-state index is 11.1. The predicted molar refractivity (Wildman–Crippen MR) is 67.9 cm³/mol. The maximum absolute atomic E-state index is 11.1. The molecule has 2 heterocycles. The molecule has 0 aliphatic heterocycles. The first-order chi connectivity index (χ1) is 8.75. The molecule has 1 aromatic carbocycles. The van der Waals surface area contributed by atoms with E-state index in [-0.39, 0.29) is 12.3 Å². The number of carbonyl (C=O) groups is 1. The van der Waals surface area contributed by atoms with Gasteiger partial charge in [-0.15, -0.1) is 21.5 Å². The minimum atomic E-state index is -0.369. The number of tetrazole rings is 1. The normalized spacial score (nSPS) is 10.9. The van der Waals surface area contributed by atoms with Gasteiger partial charge in [0.1, 0.15) is 0 Å². The molecule has 1 amide bonds. The smallest absolute Gasteiger partial charge is 0.222 e. The number of amides is 1. The van der Waals surface area contributed by atoms with Gasteiger partial charge in [-0.2, -0.15) is 5.21 Å². The topological polar surface area (TPSA) is 97.5 Å². The summed E-state index contributed by atoms with van der Waals surface area (Å²) in [4.78, 5) is 12.0. The standard InChI is InChI=1S/C11H9N5OS/c12-9(17)5-8-10(11-13-15-16-14-11)6-3-1-2-4-7(6)18-8/h1-4H,5H2,(H2,12,17)(H,13,14,15,16). The highest BCUT2D eigenvalue weighted by Crippen LogP contribution is 2.37. The molecule has 0 unspecified atom stereocenters. The van der Waals surface area contributed by atoms with E-state index in [4.69, 9.17) is 5.73 Å². The lowest BCUT2D eigenvalue weighted by atomic mass is 10.1. The number of nitrogens with two attached hydrogens (primary N) is 1. The highest BCUT2D eigenvalue weighted by molar-refractivity contribution is 7.19. The zero-order valence-corrected chi connectivity index (χ0v) is 10.1. The second-order valence-corrected chi connectivity index (χ2v) is 4.91. The lowest BCUT2D eigenvalue weighted by molar-refractivity contribution is -0.117. The van der Waals surface area contributed by atoms with E-state index < -0.39 is 0 Å². The van der Waals surface area contributed by atoms with Crippen molar-refractivity contribution < 1.29 is 4.79 Å². The number of nitrogens with one attached hydrogen (secondary N) is 1. The maximum Gasteiger partial charge on any atom is 0.222 e. The summed E-state index contributed by atoms with van der Waals surface area (Å²) in [5, 5.41) is 15.0. The molecule has 3 aromatic rings. The summed E-state index contributed by atoms with van der Waals surface area (Å²) in [6, 6.07) is 7.86. The summed E-state index contributed by atoms with van der Waals surface area (Å²) in [6.07, 6.45) is 0.184. The number of thiophene rings is 1. The molecule has 6 nitrogen and oxygen atoms in total. The van der Waals surface area contributed by atoms with Gasteiger partial charge in [-0.3, -0.25) is 4.79 Å². The van der Waals surface area contributed by atoms with Gasteiger partial charge in [0.2, 0.25) is 11.7 Å². The molecule has 7 heteroatoms. The fraction of sp³-hybridized carbons (Fsp3) is 0.0909. The minimum Gasteiger partial charge on any atom is -0.369 e. The van der Waals surface area contributed by atoms with Crippen molar-refractivity contribution in [2.45, 2.75) is 6.42 Å². The van der Waals surface area contributed by atoms with E-state index in [0.717, 1.165) is 20.5 Å². The molecule has 3 rings (SSSR count). The van der Waals surface area contributed by atoms with Gasteiger partial charge >= 0.3 is 0 Å². The highest BCUT2D eigenvalue weighted by Gasteiger charge is 2.18. The molecule has 3 N–H and O–H groups in total. The summed E-state index contributed by atoms with van der Waals surface area (Å²) in [6.45, 7) is 0. The zero-order chi connectivity index (χ0) is 12.5. The molecule has 18 heavy (non-hydrogen) atoms. The van der Waals surface area contributed by atoms with Crippen molar-refractivity contribution in [1.29, 1.82) is 0 Å². The quantitative estimate of drug-likeness (QED) is 0.736. The van der Waals surface area contributed by atoms with Crippen LogP contribution in [0.15, 0.2) is 24.3 Å². The molecule has 0 spiro atoms. The van der Waals surface area contributed by atoms with Crippen molar-refractivity contribution in [1.82, 2.24) is 20.6 Å². The number of carbonyl (C=O) groups excluding carboxylic acids is 1. The molecule has 0 saturated heterocycles. The molecule has 0 saturated carbocycles. The Bertz CT molecular complexity index is 703. The van der Waals surface area contributed by atoms with E-state index in [1.54, 1.807) is 0 Å². The Morgan fingerprint density at radius 1 is 1.39 bits per heavy atom. The van der Waals surface area contributed by atoms with E-state index in [1.165, 1.54) is 11.3 Å². The molecule has 0 radical (unpaired) electrons. The first-order valence-electron chi connectivity index (χ1n) is 5.28. The van der Waals surface area contributed by atoms with Gasteiger partial charge in [0.05, 0.1) is 6.42 Å². The van der Waals surface area contributed by atoms with E-state index in [2.05, 4.69) is 20.6 Å². The van der Waals surface area contributed by atoms with Crippen LogP contribution in [0.4, 0.5) is 0 Å². The van der Waals surface area contributed by atoms with Gasteiger partial charge in [0, 0.05) is 20.5 Å². The number of primary amides is 1. The lowest BCUT2D eigenvalue weighted by Gasteiger charge is -1.97. The van der Waals surface area contributed by atoms with Crippen molar-refractivity contribution in [3.63, 3.8) is 0 Å². The summed E-state index contributed by atoms with van der Waals surface area (Å²) in [7, 11) is 0. The SMILES string of the molecule is NC(=O)Cc1sc2ccccc2c1-c1nn[nH]n1. The predicted octanol–water partition coefficient (Wildman–Crippen LogP) is 1.11. The number of hydrogen-bond acceptors (Lipinski definition) is 5. The number of hydrogen-bond donors (Lipinski definition) is 2. The molecule has 2 aromatic heterocycles. The van der Waals surface area contributed by atoms with Crippen molar-refractivity contribution in [3.05, 3.63) is 29.1 Å². The number of rotatable bonds is 3. The number of fused-ring (bicyclic) bond motifs is 1. The average Bonchev–Trinajstić information content (AvgIpc) is 2.93. The molecular weight excluding hydrogens is 250 g/mol. The van der Waals surface area contributed by atoms with Crippen LogP contribution in [0.5, 0.6) is 0 Å². The number of aromatic nitrogens is 4. The van der Waals surface area contributed by atoms with Crippen molar-refractivity contribution in [2.75, 3.05) is 0 Å². The first-order valence-corrected chi connectivity index (χ1v) is 6.10. The van der Waals surface area contributed by atoms with Gasteiger partial charge in [0.15, 0.2) is 0 Å². The summed E-state index contributed by atoms with van der Waals surface area (Å²) in [5.74, 6) is 0.120. The average molecular weight is 259 g/mol. The van der Waals surface area contributed by atoms with Gasteiger partial charge < -0.3 is 5.73 Å². The number of nitrogens with zero attached hydrogens (tertiary/aromatic N) is 3. The summed E-state index contributed by atoms with van der Waals surface area (Å²) < 4.78 is 1.08. The van der Waals surface area contributed by atoms with Crippen LogP contribution in [0.25, 0.3) is 21.5 Å². The van der Waals surface area contributed by atoms with Crippen LogP contribution in [-0.2, 0) is 11.2 Å². The number of H-pyrrole nitrogens is 1. The summed E-state index contributed by atoms with van der Waals surface area (Å²) >= 11 is 1.53. The third kappa shape index (κ3) is 1.74. The lowest BCUT2D eigenvalue weighted by Crippen LogP contribution is -2.13. The first kappa shape index (κ1) is 10.8.